The van der Waals surface area contributed by atoms with Crippen LogP contribution in [0.2, 0.25) is 0 Å². The van der Waals surface area contributed by atoms with Gasteiger partial charge in [0.05, 0.1) is 18.3 Å². The summed E-state index contributed by atoms with van der Waals surface area (Å²) in [4.78, 5) is 49.8. The van der Waals surface area contributed by atoms with Crippen LogP contribution in [0, 0.1) is 11.8 Å². The first kappa shape index (κ1) is 22.7. The summed E-state index contributed by atoms with van der Waals surface area (Å²) >= 11 is 0. The number of nitrogens with one attached hydrogen (secondary N) is 1. The highest BCUT2D eigenvalue weighted by molar-refractivity contribution is 6.05. The Morgan fingerprint density at radius 3 is 2.26 bits per heavy atom. The molecule has 1 heterocycles. The number of fused-ring (bicyclic) bond motifs is 1. The van der Waals surface area contributed by atoms with E-state index in [4.69, 9.17) is 4.74 Å². The summed E-state index contributed by atoms with van der Waals surface area (Å²) in [6.07, 6.45) is 5.55. The van der Waals surface area contributed by atoms with Gasteiger partial charge in [-0.15, -0.1) is 0 Å². The van der Waals surface area contributed by atoms with E-state index in [1.165, 1.54) is 5.56 Å². The summed E-state index contributed by atoms with van der Waals surface area (Å²) in [7, 11) is 0. The number of allylic oxidation sites excluding steroid dienone is 2. The van der Waals surface area contributed by atoms with Gasteiger partial charge in [-0.25, -0.2) is 0 Å². The van der Waals surface area contributed by atoms with Gasteiger partial charge in [0.25, 0.3) is 5.91 Å². The Morgan fingerprint density at radius 2 is 1.68 bits per heavy atom. The topological polar surface area (TPSA) is 92.8 Å². The van der Waals surface area contributed by atoms with Crippen LogP contribution in [0.5, 0.6) is 0 Å². The Morgan fingerprint density at radius 1 is 1.06 bits per heavy atom. The van der Waals surface area contributed by atoms with Gasteiger partial charge >= 0.3 is 5.97 Å². The fraction of sp³-hybridized carbons (Fsp3) is 0.500. The van der Waals surface area contributed by atoms with Gasteiger partial charge in [0.15, 0.2) is 6.61 Å². The zero-order chi connectivity index (χ0) is 22.4. The van der Waals surface area contributed by atoms with Gasteiger partial charge < -0.3 is 10.1 Å². The Balaban J connectivity index is 1.33. The molecule has 7 nitrogen and oxygen atoms in total. The lowest BCUT2D eigenvalue weighted by atomic mass is 9.85. The molecule has 0 radical (unpaired) electrons. The van der Waals surface area contributed by atoms with Crippen molar-refractivity contribution in [2.24, 2.45) is 11.8 Å². The van der Waals surface area contributed by atoms with Crippen LogP contribution < -0.4 is 5.32 Å². The molecule has 31 heavy (non-hydrogen) atoms. The predicted molar refractivity (Wildman–Crippen MR) is 115 cm³/mol. The van der Waals surface area contributed by atoms with Crippen molar-refractivity contribution >= 4 is 23.7 Å². The van der Waals surface area contributed by atoms with Crippen LogP contribution in [-0.4, -0.2) is 48.3 Å². The molecule has 0 spiro atoms. The zero-order valence-electron chi connectivity index (χ0n) is 18.1. The molecule has 3 amide bonds. The van der Waals surface area contributed by atoms with Crippen molar-refractivity contribution in [1.82, 2.24) is 10.2 Å². The highest BCUT2D eigenvalue weighted by Gasteiger charge is 2.46. The number of likely N-dealkylation sites (tertiary alicyclic amines) is 1. The third kappa shape index (κ3) is 5.81. The summed E-state index contributed by atoms with van der Waals surface area (Å²) in [6, 6.07) is 8.28. The van der Waals surface area contributed by atoms with E-state index in [0.29, 0.717) is 31.7 Å². The number of ether oxygens (including phenoxy) is 1. The molecule has 1 fully saturated rings. The molecular formula is C24H30N2O5. The maximum Gasteiger partial charge on any atom is 0.308 e. The van der Waals surface area contributed by atoms with E-state index >= 15 is 0 Å². The smallest absolute Gasteiger partial charge is 0.308 e. The van der Waals surface area contributed by atoms with E-state index in [1.54, 1.807) is 0 Å². The minimum atomic E-state index is -0.604. The molecule has 1 N–H and O–H groups in total. The first-order chi connectivity index (χ1) is 14.9. The molecule has 1 saturated heterocycles. The molecular weight excluding hydrogens is 396 g/mol. The fourth-order valence-corrected chi connectivity index (χ4v) is 3.98. The lowest BCUT2D eigenvalue weighted by molar-refractivity contribution is -0.149. The van der Waals surface area contributed by atoms with Crippen LogP contribution in [0.3, 0.4) is 0 Å². The SMILES string of the molecule is CC(C)c1ccc(CCNC(=O)COC(=O)CCN2C(=O)[C@H]3CC=CC[C@@H]3C2=O)cc1. The third-order valence-corrected chi connectivity index (χ3v) is 5.88. The maximum absolute atomic E-state index is 12.4. The number of carbonyl (C=O) groups is 4. The number of benzene rings is 1. The molecule has 1 aliphatic heterocycles. The molecule has 1 aromatic carbocycles. The molecule has 0 saturated carbocycles. The van der Waals surface area contributed by atoms with Crippen LogP contribution in [0.4, 0.5) is 0 Å². The molecule has 166 valence electrons. The Bertz CT molecular complexity index is 833. The largest absolute Gasteiger partial charge is 0.456 e. The van der Waals surface area contributed by atoms with Gasteiger partial charge in [-0.2, -0.15) is 0 Å². The summed E-state index contributed by atoms with van der Waals surface area (Å²) in [5, 5.41) is 2.73. The molecule has 3 rings (SSSR count). The number of hydrogen-bond acceptors (Lipinski definition) is 5. The van der Waals surface area contributed by atoms with E-state index in [-0.39, 0.29) is 49.1 Å². The predicted octanol–water partition coefficient (Wildman–Crippen LogP) is 2.35. The number of carbonyl (C=O) groups excluding carboxylic acids is 4. The van der Waals surface area contributed by atoms with E-state index < -0.39 is 5.97 Å². The van der Waals surface area contributed by atoms with Crippen LogP contribution in [0.1, 0.15) is 50.2 Å². The average molecular weight is 427 g/mol. The normalized spacial score (nSPS) is 20.2. The molecule has 7 heteroatoms. The molecule has 1 aliphatic carbocycles. The highest BCUT2D eigenvalue weighted by Crippen LogP contribution is 2.35. The van der Waals surface area contributed by atoms with E-state index in [2.05, 4.69) is 43.4 Å². The second-order valence-electron chi connectivity index (χ2n) is 8.39. The van der Waals surface area contributed by atoms with Crippen molar-refractivity contribution < 1.29 is 23.9 Å². The summed E-state index contributed by atoms with van der Waals surface area (Å²) in [5.74, 6) is -1.55. The van der Waals surface area contributed by atoms with Crippen molar-refractivity contribution in [3.8, 4) is 0 Å². The number of esters is 1. The molecule has 0 bridgehead atoms. The van der Waals surface area contributed by atoms with Crippen LogP contribution in [0.15, 0.2) is 36.4 Å². The van der Waals surface area contributed by atoms with Crippen molar-refractivity contribution in [2.75, 3.05) is 19.7 Å². The van der Waals surface area contributed by atoms with E-state index in [0.717, 1.165) is 10.5 Å². The number of amides is 3. The van der Waals surface area contributed by atoms with Crippen molar-refractivity contribution in [2.45, 2.75) is 45.4 Å². The molecule has 0 aromatic heterocycles. The van der Waals surface area contributed by atoms with Crippen molar-refractivity contribution in [1.29, 1.82) is 0 Å². The first-order valence-corrected chi connectivity index (χ1v) is 10.9. The van der Waals surface area contributed by atoms with Gasteiger partial charge in [-0.05, 0) is 36.3 Å². The van der Waals surface area contributed by atoms with Crippen LogP contribution in [0.25, 0.3) is 0 Å². The van der Waals surface area contributed by atoms with E-state index in [1.807, 2.05) is 12.2 Å². The Hall–Kier alpha value is -2.96. The van der Waals surface area contributed by atoms with Crippen molar-refractivity contribution in [3.63, 3.8) is 0 Å². The van der Waals surface area contributed by atoms with Gasteiger partial charge in [0.2, 0.25) is 11.8 Å². The first-order valence-electron chi connectivity index (χ1n) is 10.9. The van der Waals surface area contributed by atoms with Gasteiger partial charge in [-0.3, -0.25) is 24.1 Å². The van der Waals surface area contributed by atoms with Gasteiger partial charge in [0.1, 0.15) is 0 Å². The number of imide groups is 1. The average Bonchev–Trinajstić information content (AvgIpc) is 3.01. The number of rotatable bonds is 9. The lowest BCUT2D eigenvalue weighted by Crippen LogP contribution is -2.34. The summed E-state index contributed by atoms with van der Waals surface area (Å²) < 4.78 is 4.99. The highest BCUT2D eigenvalue weighted by atomic mass is 16.5. The van der Waals surface area contributed by atoms with Gasteiger partial charge in [-0.1, -0.05) is 50.3 Å². The Labute approximate surface area is 182 Å². The quantitative estimate of drug-likeness (QED) is 0.372. The van der Waals surface area contributed by atoms with Crippen LogP contribution in [-0.2, 0) is 30.3 Å². The van der Waals surface area contributed by atoms with Crippen LogP contribution >= 0.6 is 0 Å². The molecule has 1 aromatic rings. The minimum absolute atomic E-state index is 0.00249. The van der Waals surface area contributed by atoms with Gasteiger partial charge in [0, 0.05) is 13.1 Å². The molecule has 2 atom stereocenters. The van der Waals surface area contributed by atoms with E-state index in [9.17, 15) is 19.2 Å². The zero-order valence-corrected chi connectivity index (χ0v) is 18.1. The second kappa shape index (κ2) is 10.4. The second-order valence-corrected chi connectivity index (χ2v) is 8.39. The molecule has 2 aliphatic rings. The third-order valence-electron chi connectivity index (χ3n) is 5.88. The lowest BCUT2D eigenvalue weighted by Gasteiger charge is -2.14. The molecule has 0 unspecified atom stereocenters. The standard InChI is InChI=1S/C24H30N2O5/c1-16(2)18-9-7-17(8-10-18)11-13-25-21(27)15-31-22(28)12-14-26-23(29)19-5-3-4-6-20(19)24(26)30/h3-4,7-10,16,19-20H,5-6,11-15H2,1-2H3,(H,25,27)/t19-,20-/m0/s1. The maximum atomic E-state index is 12.4. The number of hydrogen-bond donors (Lipinski definition) is 1. The summed E-state index contributed by atoms with van der Waals surface area (Å²) in [5.41, 5.74) is 2.39. The minimum Gasteiger partial charge on any atom is -0.456 e. The summed E-state index contributed by atoms with van der Waals surface area (Å²) in [6.45, 7) is 4.35. The van der Waals surface area contributed by atoms with Crippen molar-refractivity contribution in [3.05, 3.63) is 47.5 Å². The fourth-order valence-electron chi connectivity index (χ4n) is 3.98. The monoisotopic (exact) mass is 426 g/mol. The number of nitrogens with zero attached hydrogens (tertiary/aromatic N) is 1. The Kier molecular flexibility index (Phi) is 7.60.